The second-order valence-electron chi connectivity index (χ2n) is 3.66. The molecule has 1 atom stereocenters. The van der Waals surface area contributed by atoms with Gasteiger partial charge in [-0.1, -0.05) is 11.6 Å². The summed E-state index contributed by atoms with van der Waals surface area (Å²) >= 11 is 7.11. The van der Waals surface area contributed by atoms with E-state index in [9.17, 15) is 13.2 Å². The van der Waals surface area contributed by atoms with Crippen molar-refractivity contribution in [1.82, 2.24) is 5.32 Å². The lowest BCUT2D eigenvalue weighted by molar-refractivity contribution is 0.443. The van der Waals surface area contributed by atoms with Crippen LogP contribution in [0.3, 0.4) is 0 Å². The summed E-state index contributed by atoms with van der Waals surface area (Å²) in [5.41, 5.74) is 0.312. The predicted octanol–water partition coefficient (Wildman–Crippen LogP) is 4.13. The van der Waals surface area contributed by atoms with Gasteiger partial charge in [0.15, 0.2) is 17.5 Å². The molecule has 0 saturated heterocycles. The lowest BCUT2D eigenvalue weighted by Gasteiger charge is -2.15. The quantitative estimate of drug-likeness (QED) is 0.839. The van der Waals surface area contributed by atoms with E-state index < -0.39 is 23.5 Å². The predicted molar refractivity (Wildman–Crippen MR) is 66.5 cm³/mol. The second kappa shape index (κ2) is 5.30. The molecule has 0 saturated carbocycles. The van der Waals surface area contributed by atoms with Gasteiger partial charge in [-0.05, 0) is 36.9 Å². The summed E-state index contributed by atoms with van der Waals surface area (Å²) in [5, 5.41) is 2.92. The molecule has 1 N–H and O–H groups in total. The minimum atomic E-state index is -1.46. The van der Waals surface area contributed by atoms with E-state index in [1.807, 2.05) is 0 Å². The highest BCUT2D eigenvalue weighted by Crippen LogP contribution is 2.31. The molecule has 6 heteroatoms. The monoisotopic (exact) mass is 291 g/mol. The molecular formula is C12H9ClF3NS. The number of nitrogens with one attached hydrogen (secondary N) is 1. The summed E-state index contributed by atoms with van der Waals surface area (Å²) in [6.45, 7) is 0. The first-order chi connectivity index (χ1) is 8.52. The van der Waals surface area contributed by atoms with Gasteiger partial charge in [0.1, 0.15) is 0 Å². The SMILES string of the molecule is CNC(c1cc(F)c(F)c(F)c1)c1ccc(Cl)s1. The van der Waals surface area contributed by atoms with Crippen LogP contribution in [0.25, 0.3) is 0 Å². The maximum Gasteiger partial charge on any atom is 0.194 e. The maximum atomic E-state index is 13.2. The van der Waals surface area contributed by atoms with Crippen molar-refractivity contribution in [3.63, 3.8) is 0 Å². The Bertz CT molecular complexity index is 547. The Balaban J connectivity index is 2.45. The third kappa shape index (κ3) is 2.53. The molecular weight excluding hydrogens is 283 g/mol. The zero-order valence-electron chi connectivity index (χ0n) is 9.31. The second-order valence-corrected chi connectivity index (χ2v) is 5.41. The summed E-state index contributed by atoms with van der Waals surface area (Å²) in [6, 6.07) is 4.99. The number of thiophene rings is 1. The van der Waals surface area contributed by atoms with Crippen molar-refractivity contribution in [3.8, 4) is 0 Å². The van der Waals surface area contributed by atoms with Gasteiger partial charge in [0, 0.05) is 4.88 Å². The van der Waals surface area contributed by atoms with Crippen LogP contribution in [0.15, 0.2) is 24.3 Å². The van der Waals surface area contributed by atoms with E-state index in [0.717, 1.165) is 17.0 Å². The zero-order valence-corrected chi connectivity index (χ0v) is 10.9. The van der Waals surface area contributed by atoms with Crippen molar-refractivity contribution in [2.75, 3.05) is 7.05 Å². The first-order valence-corrected chi connectivity index (χ1v) is 6.29. The molecule has 0 aliphatic heterocycles. The van der Waals surface area contributed by atoms with Crippen LogP contribution in [0.5, 0.6) is 0 Å². The van der Waals surface area contributed by atoms with Crippen LogP contribution in [0.4, 0.5) is 13.2 Å². The van der Waals surface area contributed by atoms with E-state index in [1.54, 1.807) is 19.2 Å². The van der Waals surface area contributed by atoms with Crippen LogP contribution >= 0.6 is 22.9 Å². The molecule has 2 aromatic rings. The fraction of sp³-hybridized carbons (Fsp3) is 0.167. The highest BCUT2D eigenvalue weighted by Gasteiger charge is 2.19. The van der Waals surface area contributed by atoms with E-state index in [2.05, 4.69) is 5.32 Å². The normalized spacial score (nSPS) is 12.7. The van der Waals surface area contributed by atoms with Gasteiger partial charge in [0.05, 0.1) is 10.4 Å². The molecule has 18 heavy (non-hydrogen) atoms. The summed E-state index contributed by atoms with van der Waals surface area (Å²) in [5.74, 6) is -3.86. The van der Waals surface area contributed by atoms with E-state index >= 15 is 0 Å². The Morgan fingerprint density at radius 1 is 1.17 bits per heavy atom. The van der Waals surface area contributed by atoms with Crippen LogP contribution in [-0.4, -0.2) is 7.05 Å². The van der Waals surface area contributed by atoms with Crippen molar-refractivity contribution in [1.29, 1.82) is 0 Å². The zero-order chi connectivity index (χ0) is 13.3. The van der Waals surface area contributed by atoms with Crippen molar-refractivity contribution in [2.24, 2.45) is 0 Å². The number of halogens is 4. The number of hydrogen-bond acceptors (Lipinski definition) is 2. The number of benzene rings is 1. The fourth-order valence-corrected chi connectivity index (χ4v) is 2.90. The smallest absolute Gasteiger partial charge is 0.194 e. The lowest BCUT2D eigenvalue weighted by Crippen LogP contribution is -2.17. The van der Waals surface area contributed by atoms with Gasteiger partial charge in [-0.25, -0.2) is 13.2 Å². The summed E-state index contributed by atoms with van der Waals surface area (Å²) < 4.78 is 39.9. The van der Waals surface area contributed by atoms with E-state index in [4.69, 9.17) is 11.6 Å². The van der Waals surface area contributed by atoms with Crippen LogP contribution < -0.4 is 5.32 Å². The van der Waals surface area contributed by atoms with E-state index in [1.165, 1.54) is 11.3 Å². The molecule has 1 aromatic carbocycles. The Morgan fingerprint density at radius 3 is 2.22 bits per heavy atom. The molecule has 1 heterocycles. The average molecular weight is 292 g/mol. The Hall–Kier alpha value is -1.04. The van der Waals surface area contributed by atoms with Crippen LogP contribution in [0.2, 0.25) is 4.34 Å². The maximum absolute atomic E-state index is 13.2. The Kier molecular flexibility index (Phi) is 3.94. The molecule has 0 bridgehead atoms. The minimum Gasteiger partial charge on any atom is -0.309 e. The van der Waals surface area contributed by atoms with Gasteiger partial charge in [-0.2, -0.15) is 0 Å². The van der Waals surface area contributed by atoms with E-state index in [0.29, 0.717) is 9.90 Å². The van der Waals surface area contributed by atoms with Gasteiger partial charge < -0.3 is 5.32 Å². The van der Waals surface area contributed by atoms with Crippen molar-refractivity contribution < 1.29 is 13.2 Å². The largest absolute Gasteiger partial charge is 0.309 e. The van der Waals surface area contributed by atoms with Crippen molar-refractivity contribution >= 4 is 22.9 Å². The molecule has 0 aliphatic carbocycles. The molecule has 0 radical (unpaired) electrons. The van der Waals surface area contributed by atoms with Gasteiger partial charge in [0.2, 0.25) is 0 Å². The molecule has 1 nitrogen and oxygen atoms in total. The van der Waals surface area contributed by atoms with Gasteiger partial charge >= 0.3 is 0 Å². The van der Waals surface area contributed by atoms with Gasteiger partial charge in [-0.15, -0.1) is 11.3 Å². The Labute approximate surface area is 111 Å². The molecule has 0 aliphatic rings. The summed E-state index contributed by atoms with van der Waals surface area (Å²) in [4.78, 5) is 0.799. The molecule has 1 unspecified atom stereocenters. The van der Waals surface area contributed by atoms with Crippen molar-refractivity contribution in [3.05, 3.63) is 56.5 Å². The standard InChI is InChI=1S/C12H9ClF3NS/c1-17-12(9-2-3-10(13)18-9)6-4-7(14)11(16)8(15)5-6/h2-5,12,17H,1H3. The molecule has 0 fully saturated rings. The highest BCUT2D eigenvalue weighted by molar-refractivity contribution is 7.16. The minimum absolute atomic E-state index is 0.312. The van der Waals surface area contributed by atoms with Crippen molar-refractivity contribution in [2.45, 2.75) is 6.04 Å². The van der Waals surface area contributed by atoms with Gasteiger partial charge in [-0.3, -0.25) is 0 Å². The number of rotatable bonds is 3. The first kappa shape index (κ1) is 13.4. The topological polar surface area (TPSA) is 12.0 Å². The third-order valence-corrected chi connectivity index (χ3v) is 3.80. The molecule has 1 aromatic heterocycles. The number of hydrogen-bond donors (Lipinski definition) is 1. The molecule has 0 amide bonds. The van der Waals surface area contributed by atoms with E-state index in [-0.39, 0.29) is 0 Å². The lowest BCUT2D eigenvalue weighted by atomic mass is 10.0. The third-order valence-electron chi connectivity index (χ3n) is 2.51. The molecule has 0 spiro atoms. The molecule has 2 rings (SSSR count). The Morgan fingerprint density at radius 2 is 1.78 bits per heavy atom. The molecule has 96 valence electrons. The summed E-state index contributed by atoms with van der Waals surface area (Å²) in [7, 11) is 1.65. The van der Waals surface area contributed by atoms with Crippen LogP contribution in [0, 0.1) is 17.5 Å². The highest BCUT2D eigenvalue weighted by atomic mass is 35.5. The summed E-state index contributed by atoms with van der Waals surface area (Å²) in [6.07, 6.45) is 0. The average Bonchev–Trinajstić information content (AvgIpc) is 2.73. The first-order valence-electron chi connectivity index (χ1n) is 5.10. The van der Waals surface area contributed by atoms with Crippen LogP contribution in [-0.2, 0) is 0 Å². The van der Waals surface area contributed by atoms with Gasteiger partial charge in [0.25, 0.3) is 0 Å². The fourth-order valence-electron chi connectivity index (χ4n) is 1.70. The van der Waals surface area contributed by atoms with Crippen LogP contribution in [0.1, 0.15) is 16.5 Å².